The van der Waals surface area contributed by atoms with Crippen LogP contribution >= 0.6 is 11.6 Å². The van der Waals surface area contributed by atoms with Crippen molar-refractivity contribution in [3.05, 3.63) is 64.7 Å². The summed E-state index contributed by atoms with van der Waals surface area (Å²) in [5, 5.41) is 19.6. The maximum atomic E-state index is 9.04. The molecule has 1 heterocycles. The Balaban J connectivity index is 2.35. The zero-order chi connectivity index (χ0) is 15.5. The second-order valence-corrected chi connectivity index (χ2v) is 5.19. The van der Waals surface area contributed by atoms with E-state index in [1.54, 1.807) is 12.1 Å². The van der Waals surface area contributed by atoms with Crippen LogP contribution in [-0.4, -0.2) is 4.98 Å². The summed E-state index contributed by atoms with van der Waals surface area (Å²) in [6.07, 6.45) is 1.59. The Labute approximate surface area is 132 Å². The highest BCUT2D eigenvalue weighted by Gasteiger charge is 2.12. The molecule has 1 N–H and O–H groups in total. The first kappa shape index (κ1) is 13.9. The van der Waals surface area contributed by atoms with Crippen molar-refractivity contribution in [1.82, 2.24) is 4.98 Å². The van der Waals surface area contributed by atoms with Gasteiger partial charge in [0.25, 0.3) is 0 Å². The SMILES string of the molecule is N#CC(C#N)=Cc1c(-c2ccccc2)[nH]c2ccc(Cl)cc12. The summed E-state index contributed by atoms with van der Waals surface area (Å²) in [5.41, 5.74) is 3.60. The molecule has 0 spiro atoms. The van der Waals surface area contributed by atoms with Gasteiger partial charge in [0.05, 0.1) is 5.69 Å². The fourth-order valence-electron chi connectivity index (χ4n) is 2.40. The van der Waals surface area contributed by atoms with Crippen molar-refractivity contribution in [2.45, 2.75) is 0 Å². The second kappa shape index (κ2) is 5.77. The molecule has 0 amide bonds. The third-order valence-corrected chi connectivity index (χ3v) is 3.63. The van der Waals surface area contributed by atoms with Gasteiger partial charge in [-0.15, -0.1) is 0 Å². The van der Waals surface area contributed by atoms with Gasteiger partial charge in [-0.25, -0.2) is 0 Å². The van der Waals surface area contributed by atoms with Crippen LogP contribution in [-0.2, 0) is 0 Å². The lowest BCUT2D eigenvalue weighted by Crippen LogP contribution is -1.82. The van der Waals surface area contributed by atoms with Crippen LogP contribution in [0.3, 0.4) is 0 Å². The number of nitrogens with zero attached hydrogens (tertiary/aromatic N) is 2. The van der Waals surface area contributed by atoms with Crippen molar-refractivity contribution in [2.24, 2.45) is 0 Å². The van der Waals surface area contributed by atoms with Gasteiger partial charge in [-0.2, -0.15) is 10.5 Å². The largest absolute Gasteiger partial charge is 0.354 e. The molecule has 3 aromatic rings. The Kier molecular flexibility index (Phi) is 3.66. The van der Waals surface area contributed by atoms with Crippen molar-refractivity contribution in [1.29, 1.82) is 10.5 Å². The molecule has 1 aromatic heterocycles. The standard InChI is InChI=1S/C18H10ClN3/c19-14-6-7-17-15(9-14)16(8-12(10-20)11-21)18(22-17)13-4-2-1-3-5-13/h1-9,22H. The summed E-state index contributed by atoms with van der Waals surface area (Å²) >= 11 is 6.09. The number of aromatic amines is 1. The summed E-state index contributed by atoms with van der Waals surface area (Å²) in [6.45, 7) is 0. The Morgan fingerprint density at radius 2 is 1.77 bits per heavy atom. The summed E-state index contributed by atoms with van der Waals surface area (Å²) in [5.74, 6) is 0. The van der Waals surface area contributed by atoms with E-state index in [9.17, 15) is 0 Å². The van der Waals surface area contributed by atoms with Crippen molar-refractivity contribution < 1.29 is 0 Å². The Hall–Kier alpha value is -3.01. The van der Waals surface area contributed by atoms with Gasteiger partial charge in [-0.05, 0) is 29.8 Å². The fraction of sp³-hybridized carbons (Fsp3) is 0. The summed E-state index contributed by atoms with van der Waals surface area (Å²) in [6, 6.07) is 19.1. The van der Waals surface area contributed by atoms with E-state index in [4.69, 9.17) is 22.1 Å². The lowest BCUT2D eigenvalue weighted by molar-refractivity contribution is 1.44. The van der Waals surface area contributed by atoms with E-state index in [2.05, 4.69) is 4.98 Å². The molecule has 4 heteroatoms. The van der Waals surface area contributed by atoms with Crippen molar-refractivity contribution >= 4 is 28.6 Å². The Bertz CT molecular complexity index is 938. The highest BCUT2D eigenvalue weighted by Crippen LogP contribution is 2.33. The van der Waals surface area contributed by atoms with Gasteiger partial charge in [-0.3, -0.25) is 0 Å². The summed E-state index contributed by atoms with van der Waals surface area (Å²) < 4.78 is 0. The van der Waals surface area contributed by atoms with E-state index < -0.39 is 0 Å². The van der Waals surface area contributed by atoms with Crippen molar-refractivity contribution in [2.75, 3.05) is 0 Å². The van der Waals surface area contributed by atoms with Crippen LogP contribution in [0.1, 0.15) is 5.56 Å². The average molecular weight is 304 g/mol. The third kappa shape index (κ3) is 2.46. The first-order valence-electron chi connectivity index (χ1n) is 6.61. The van der Waals surface area contributed by atoms with Crippen LogP contribution in [0.2, 0.25) is 5.02 Å². The number of hydrogen-bond donors (Lipinski definition) is 1. The number of nitriles is 2. The first-order valence-corrected chi connectivity index (χ1v) is 6.99. The molecule has 0 unspecified atom stereocenters. The number of halogens is 1. The van der Waals surface area contributed by atoms with Crippen molar-refractivity contribution in [3.8, 4) is 23.4 Å². The zero-order valence-corrected chi connectivity index (χ0v) is 12.2. The number of hydrogen-bond acceptors (Lipinski definition) is 2. The lowest BCUT2D eigenvalue weighted by Gasteiger charge is -2.00. The monoisotopic (exact) mass is 303 g/mol. The molecule has 3 rings (SSSR count). The molecular weight excluding hydrogens is 294 g/mol. The molecule has 0 fully saturated rings. The molecule has 0 aliphatic carbocycles. The molecule has 2 aromatic carbocycles. The van der Waals surface area contributed by atoms with Gasteiger partial charge in [-0.1, -0.05) is 41.9 Å². The smallest absolute Gasteiger partial charge is 0.130 e. The van der Waals surface area contributed by atoms with Crippen LogP contribution < -0.4 is 0 Å². The van der Waals surface area contributed by atoms with Crippen molar-refractivity contribution in [3.63, 3.8) is 0 Å². The number of nitrogens with one attached hydrogen (secondary N) is 1. The second-order valence-electron chi connectivity index (χ2n) is 4.75. The van der Waals surface area contributed by atoms with Crippen LogP contribution in [0.5, 0.6) is 0 Å². The quantitative estimate of drug-likeness (QED) is 0.683. The number of aromatic nitrogens is 1. The minimum absolute atomic E-state index is 0.0538. The molecule has 0 bridgehead atoms. The van der Waals surface area contributed by atoms with Gasteiger partial charge >= 0.3 is 0 Å². The van der Waals surface area contributed by atoms with Crippen LogP contribution in [0.15, 0.2) is 54.1 Å². The summed E-state index contributed by atoms with van der Waals surface area (Å²) in [7, 11) is 0. The highest BCUT2D eigenvalue weighted by atomic mass is 35.5. The van der Waals surface area contributed by atoms with E-state index >= 15 is 0 Å². The maximum Gasteiger partial charge on any atom is 0.130 e. The van der Waals surface area contributed by atoms with Gasteiger partial charge in [0.2, 0.25) is 0 Å². The third-order valence-electron chi connectivity index (χ3n) is 3.39. The molecule has 0 aliphatic heterocycles. The number of fused-ring (bicyclic) bond motifs is 1. The van der Waals surface area contributed by atoms with Gasteiger partial charge < -0.3 is 4.98 Å². The maximum absolute atomic E-state index is 9.04. The van der Waals surface area contributed by atoms with Crippen LogP contribution in [0, 0.1) is 22.7 Å². The molecule has 104 valence electrons. The molecule has 0 atom stereocenters. The molecular formula is C18H10ClN3. The van der Waals surface area contributed by atoms with E-state index in [-0.39, 0.29) is 5.57 Å². The number of benzene rings is 2. The molecule has 0 radical (unpaired) electrons. The molecule has 0 aliphatic rings. The molecule has 0 saturated heterocycles. The predicted molar refractivity (Wildman–Crippen MR) is 87.9 cm³/mol. The Morgan fingerprint density at radius 3 is 2.45 bits per heavy atom. The topological polar surface area (TPSA) is 63.4 Å². The minimum atomic E-state index is 0.0538. The number of allylic oxidation sites excluding steroid dienone is 1. The number of H-pyrrole nitrogens is 1. The molecule has 22 heavy (non-hydrogen) atoms. The van der Waals surface area contributed by atoms with E-state index in [0.29, 0.717) is 5.02 Å². The van der Waals surface area contributed by atoms with Crippen LogP contribution in [0.25, 0.3) is 28.2 Å². The van der Waals surface area contributed by atoms with E-state index in [0.717, 1.165) is 27.7 Å². The first-order chi connectivity index (χ1) is 10.7. The lowest BCUT2D eigenvalue weighted by atomic mass is 10.0. The Morgan fingerprint density at radius 1 is 1.05 bits per heavy atom. The van der Waals surface area contributed by atoms with E-state index in [1.807, 2.05) is 54.6 Å². The fourth-order valence-corrected chi connectivity index (χ4v) is 2.57. The average Bonchev–Trinajstić information content (AvgIpc) is 2.91. The van der Waals surface area contributed by atoms with Gasteiger partial charge in [0, 0.05) is 21.5 Å². The normalized spacial score (nSPS) is 9.95. The minimum Gasteiger partial charge on any atom is -0.354 e. The van der Waals surface area contributed by atoms with Gasteiger partial charge in [0.1, 0.15) is 17.7 Å². The number of rotatable bonds is 2. The zero-order valence-electron chi connectivity index (χ0n) is 11.5. The van der Waals surface area contributed by atoms with Crippen LogP contribution in [0.4, 0.5) is 0 Å². The van der Waals surface area contributed by atoms with E-state index in [1.165, 1.54) is 0 Å². The molecule has 3 nitrogen and oxygen atoms in total. The highest BCUT2D eigenvalue weighted by molar-refractivity contribution is 6.31. The van der Waals surface area contributed by atoms with Gasteiger partial charge in [0.15, 0.2) is 0 Å². The summed E-state index contributed by atoms with van der Waals surface area (Å²) in [4.78, 5) is 3.34. The molecule has 0 saturated carbocycles. The predicted octanol–water partition coefficient (Wildman–Crippen LogP) is 4.92.